The molecule has 0 radical (unpaired) electrons. The summed E-state index contributed by atoms with van der Waals surface area (Å²) < 4.78 is 47.0. The Hall–Kier alpha value is -2.99. The highest BCUT2D eigenvalue weighted by molar-refractivity contribution is 7.09. The smallest absolute Gasteiger partial charge is 0.412 e. The highest BCUT2D eigenvalue weighted by Crippen LogP contribution is 2.33. The van der Waals surface area contributed by atoms with Gasteiger partial charge in [0.25, 0.3) is 0 Å². The second-order valence-corrected chi connectivity index (χ2v) is 11.4. The van der Waals surface area contributed by atoms with Crippen LogP contribution >= 0.6 is 11.3 Å². The lowest BCUT2D eigenvalue weighted by Crippen LogP contribution is -2.45. The first kappa shape index (κ1) is 33.2. The Labute approximate surface area is 235 Å². The number of aliphatic hydroxyl groups excluding tert-OH is 2. The third kappa shape index (κ3) is 9.02. The van der Waals surface area contributed by atoms with E-state index in [1.54, 1.807) is 25.3 Å². The van der Waals surface area contributed by atoms with Gasteiger partial charge < -0.3 is 14.9 Å². The van der Waals surface area contributed by atoms with Crippen LogP contribution in [0.3, 0.4) is 0 Å². The van der Waals surface area contributed by atoms with Crippen molar-refractivity contribution in [1.82, 2.24) is 4.98 Å². The summed E-state index contributed by atoms with van der Waals surface area (Å²) in [4.78, 5) is 33.0. The van der Waals surface area contributed by atoms with E-state index in [0.717, 1.165) is 6.08 Å². The average Bonchev–Trinajstić information content (AvgIpc) is 3.32. The van der Waals surface area contributed by atoms with E-state index in [1.807, 2.05) is 0 Å². The molecule has 0 unspecified atom stereocenters. The lowest BCUT2D eigenvalue weighted by molar-refractivity contribution is -0.154. The first-order valence-corrected chi connectivity index (χ1v) is 13.6. The van der Waals surface area contributed by atoms with Gasteiger partial charge in [-0.15, -0.1) is 11.3 Å². The number of thiazole rings is 1. The van der Waals surface area contributed by atoms with Crippen LogP contribution in [0.1, 0.15) is 64.6 Å². The van der Waals surface area contributed by atoms with Gasteiger partial charge in [0.15, 0.2) is 0 Å². The van der Waals surface area contributed by atoms with Crippen LogP contribution in [0.25, 0.3) is 16.5 Å². The summed E-state index contributed by atoms with van der Waals surface area (Å²) in [6.45, 7) is 7.63. The number of hydrogen-bond acceptors (Lipinski definition) is 8. The van der Waals surface area contributed by atoms with Gasteiger partial charge in [-0.1, -0.05) is 51.0 Å². The summed E-state index contributed by atoms with van der Waals surface area (Å²) in [6.07, 6.45) is -4.56. The average molecular weight is 585 g/mol. The van der Waals surface area contributed by atoms with Crippen LogP contribution in [0.5, 0.6) is 0 Å². The van der Waals surface area contributed by atoms with E-state index in [2.05, 4.69) is 15.0 Å². The van der Waals surface area contributed by atoms with Crippen LogP contribution in [-0.4, -0.2) is 51.4 Å². The lowest BCUT2D eigenvalue weighted by Gasteiger charge is -2.34. The van der Waals surface area contributed by atoms with Crippen molar-refractivity contribution in [2.24, 2.45) is 22.4 Å². The Balaban J connectivity index is 2.50. The SMILES string of the molecule is C/C(=C\c1csc(CN=[N+]=[N-])n1)[C@@H]1C/C=C(/C(F)(F)F)C/C=C/[C@H](C)[C@H](O)[C@@H](C)C(=O)C(C)(C)[C@@H](O)CC(=O)O1. The van der Waals surface area contributed by atoms with Gasteiger partial charge in [-0.05, 0) is 30.5 Å². The van der Waals surface area contributed by atoms with Crippen molar-refractivity contribution in [3.8, 4) is 0 Å². The standard InChI is InChI=1S/C27H35F3N4O5S/c1-15-7-6-8-18(27(28,29)30)9-10-20(16(2)11-19-14-40-22(33-19)13-32-34-31)39-23(36)12-21(35)26(4,5)25(38)17(3)24(15)37/h6-7,9,11,14-15,17,20-21,24,35,37H,8,10,12-13H2,1-5H3/b7-6+,16-11+,18-9+/t15-,17+,20-,21-,24-/m0/s1. The van der Waals surface area contributed by atoms with E-state index in [9.17, 15) is 33.0 Å². The molecule has 1 aromatic rings. The Morgan fingerprint density at radius 2 is 2.00 bits per heavy atom. The molecule has 1 aliphatic heterocycles. The quantitative estimate of drug-likeness (QED) is 0.144. The minimum Gasteiger partial charge on any atom is -0.457 e. The highest BCUT2D eigenvalue weighted by atomic mass is 32.1. The van der Waals surface area contributed by atoms with Gasteiger partial charge in [0, 0.05) is 34.1 Å². The second-order valence-electron chi connectivity index (χ2n) is 10.5. The molecule has 0 fully saturated rings. The number of allylic oxidation sites excluding steroid dienone is 2. The normalized spacial score (nSPS) is 29.6. The van der Waals surface area contributed by atoms with Crippen molar-refractivity contribution in [3.63, 3.8) is 0 Å². The molecule has 2 heterocycles. The lowest BCUT2D eigenvalue weighted by atomic mass is 9.73. The van der Waals surface area contributed by atoms with Crippen LogP contribution in [0.4, 0.5) is 13.2 Å². The number of ketones is 1. The van der Waals surface area contributed by atoms with E-state index in [-0.39, 0.29) is 13.0 Å². The van der Waals surface area contributed by atoms with Crippen molar-refractivity contribution in [2.75, 3.05) is 0 Å². The van der Waals surface area contributed by atoms with Gasteiger partial charge >= 0.3 is 12.1 Å². The summed E-state index contributed by atoms with van der Waals surface area (Å²) in [5, 5.41) is 27.1. The van der Waals surface area contributed by atoms with Gasteiger partial charge in [-0.3, -0.25) is 9.59 Å². The number of aromatic nitrogens is 1. The number of halogens is 3. The minimum atomic E-state index is -4.65. The van der Waals surface area contributed by atoms with Crippen LogP contribution < -0.4 is 0 Å². The van der Waals surface area contributed by atoms with E-state index in [1.165, 1.54) is 44.3 Å². The van der Waals surface area contributed by atoms with Gasteiger partial charge in [0.1, 0.15) is 11.9 Å². The third-order valence-electron chi connectivity index (χ3n) is 7.01. The maximum absolute atomic E-state index is 13.8. The van der Waals surface area contributed by atoms with Gasteiger partial charge in [-0.2, -0.15) is 13.2 Å². The zero-order chi connectivity index (χ0) is 30.3. The first-order chi connectivity index (χ1) is 18.6. The highest BCUT2D eigenvalue weighted by Gasteiger charge is 2.42. The molecule has 220 valence electrons. The Kier molecular flexibility index (Phi) is 11.7. The Morgan fingerprint density at radius 1 is 1.32 bits per heavy atom. The van der Waals surface area contributed by atoms with Crippen LogP contribution in [0, 0.1) is 17.3 Å². The number of hydrogen-bond donors (Lipinski definition) is 2. The molecule has 1 aromatic heterocycles. The number of carbonyl (C=O) groups excluding carboxylic acids is 2. The predicted octanol–water partition coefficient (Wildman–Crippen LogP) is 6.09. The number of alkyl halides is 3. The van der Waals surface area contributed by atoms with Crippen LogP contribution in [0.15, 0.2) is 39.9 Å². The number of cyclic esters (lactones) is 1. The first-order valence-electron chi connectivity index (χ1n) is 12.7. The van der Waals surface area contributed by atoms with Crippen molar-refractivity contribution >= 4 is 29.2 Å². The number of Topliss-reactive ketones (excluding diaryl/α,β-unsaturated/α-hetero) is 1. The number of esters is 1. The van der Waals surface area contributed by atoms with Crippen molar-refractivity contribution in [3.05, 3.63) is 55.9 Å². The fourth-order valence-corrected chi connectivity index (χ4v) is 4.95. The molecule has 2 rings (SSSR count). The van der Waals surface area contributed by atoms with Crippen LogP contribution in [0.2, 0.25) is 0 Å². The zero-order valence-electron chi connectivity index (χ0n) is 23.1. The molecule has 13 heteroatoms. The van der Waals surface area contributed by atoms with Gasteiger partial charge in [-0.25, -0.2) is 4.98 Å². The zero-order valence-corrected chi connectivity index (χ0v) is 23.9. The molecule has 0 saturated carbocycles. The molecule has 0 aliphatic carbocycles. The molecule has 1 aliphatic rings. The summed E-state index contributed by atoms with van der Waals surface area (Å²) >= 11 is 1.23. The molecule has 0 saturated heterocycles. The van der Waals surface area contributed by atoms with Crippen molar-refractivity contribution in [2.45, 2.75) is 84.9 Å². The maximum Gasteiger partial charge on any atom is 0.412 e. The number of carbonyl (C=O) groups is 2. The molecule has 0 aromatic carbocycles. The summed E-state index contributed by atoms with van der Waals surface area (Å²) in [6, 6.07) is 0. The van der Waals surface area contributed by atoms with Crippen molar-refractivity contribution < 1.29 is 37.7 Å². The molecule has 0 amide bonds. The molecule has 0 spiro atoms. The molecule has 0 bridgehead atoms. The van der Waals surface area contributed by atoms with E-state index < -0.39 is 71.9 Å². The summed E-state index contributed by atoms with van der Waals surface area (Å²) in [5.74, 6) is -2.98. The molecule has 40 heavy (non-hydrogen) atoms. The molecular weight excluding hydrogens is 549 g/mol. The number of azide groups is 1. The third-order valence-corrected chi connectivity index (χ3v) is 7.86. The number of nitrogens with zero attached hydrogens (tertiary/aromatic N) is 4. The van der Waals surface area contributed by atoms with E-state index in [0.29, 0.717) is 16.3 Å². The van der Waals surface area contributed by atoms with Gasteiger partial charge in [0.05, 0.1) is 41.3 Å². The second kappa shape index (κ2) is 14.1. The fraction of sp³-hybridized carbons (Fsp3) is 0.593. The predicted molar refractivity (Wildman–Crippen MR) is 145 cm³/mol. The Bertz CT molecular complexity index is 1200. The fourth-order valence-electron chi connectivity index (χ4n) is 4.28. The summed E-state index contributed by atoms with van der Waals surface area (Å²) in [7, 11) is 0. The molecular formula is C27H35F3N4O5S. The van der Waals surface area contributed by atoms with Gasteiger partial charge in [0.2, 0.25) is 0 Å². The maximum atomic E-state index is 13.8. The number of ether oxygens (including phenoxy) is 1. The van der Waals surface area contributed by atoms with E-state index in [4.69, 9.17) is 10.3 Å². The monoisotopic (exact) mass is 584 g/mol. The minimum absolute atomic E-state index is 0.0400. The number of rotatable bonds is 4. The largest absolute Gasteiger partial charge is 0.457 e. The number of aliphatic hydroxyl groups is 2. The topological polar surface area (TPSA) is 145 Å². The summed E-state index contributed by atoms with van der Waals surface area (Å²) in [5.41, 5.74) is 7.07. The van der Waals surface area contributed by atoms with Crippen LogP contribution in [-0.2, 0) is 20.9 Å². The molecule has 9 nitrogen and oxygen atoms in total. The molecule has 5 atom stereocenters. The Morgan fingerprint density at radius 3 is 2.62 bits per heavy atom. The molecule has 2 N–H and O–H groups in total. The van der Waals surface area contributed by atoms with Crippen molar-refractivity contribution in [1.29, 1.82) is 0 Å². The van der Waals surface area contributed by atoms with E-state index >= 15 is 0 Å².